The molecule has 3 heteroatoms. The molecule has 0 aromatic rings. The van der Waals surface area contributed by atoms with E-state index in [1.54, 1.807) is 12.0 Å². The van der Waals surface area contributed by atoms with E-state index in [-0.39, 0.29) is 6.42 Å². The Kier molecular flexibility index (Phi) is 8.40. The number of esters is 1. The Hall–Kier alpha value is -1.34. The third kappa shape index (κ3) is 7.71. The average Bonchev–Trinajstić information content (AvgIpc) is 2.26. The molecule has 15 heavy (non-hydrogen) atoms. The summed E-state index contributed by atoms with van der Waals surface area (Å²) in [4.78, 5) is 21.3. The molecule has 0 aliphatic rings. The Bertz CT molecular complexity index is 260. The Morgan fingerprint density at radius 2 is 2.13 bits per heavy atom. The first kappa shape index (κ1) is 13.7. The Morgan fingerprint density at radius 1 is 1.40 bits per heavy atom. The van der Waals surface area contributed by atoms with Gasteiger partial charge in [0.25, 0.3) is 0 Å². The summed E-state index contributed by atoms with van der Waals surface area (Å²) in [6, 6.07) is 0. The third-order valence-electron chi connectivity index (χ3n) is 1.99. The number of hydrogen-bond donors (Lipinski definition) is 0. The summed E-state index contributed by atoms with van der Waals surface area (Å²) in [7, 11) is 1.30. The number of carbonyl (C=O) groups is 1. The molecule has 0 unspecified atom stereocenters. The van der Waals surface area contributed by atoms with Gasteiger partial charge < -0.3 is 4.74 Å². The van der Waals surface area contributed by atoms with E-state index in [1.807, 2.05) is 6.08 Å². The van der Waals surface area contributed by atoms with Crippen molar-refractivity contribution in [2.24, 2.45) is 0 Å². The molecule has 0 aromatic heterocycles. The van der Waals surface area contributed by atoms with E-state index in [0.29, 0.717) is 5.57 Å². The molecule has 0 aromatic carbocycles. The first-order chi connectivity index (χ1) is 7.24. The highest BCUT2D eigenvalue weighted by Crippen LogP contribution is 2.04. The molecule has 0 rings (SSSR count). The van der Waals surface area contributed by atoms with Crippen LogP contribution in [0.4, 0.5) is 0 Å². The molecule has 0 aliphatic heterocycles. The smallest absolute Gasteiger partial charge is 0.310 e. The summed E-state index contributed by atoms with van der Waals surface area (Å²) in [6.45, 7) is 2.14. The van der Waals surface area contributed by atoms with Crippen LogP contribution in [0, 0.1) is 0 Å². The van der Waals surface area contributed by atoms with Gasteiger partial charge in [-0.2, -0.15) is 0 Å². The van der Waals surface area contributed by atoms with Crippen molar-refractivity contribution in [3.8, 4) is 0 Å². The fourth-order valence-electron chi connectivity index (χ4n) is 1.09. The minimum Gasteiger partial charge on any atom is -0.469 e. The van der Waals surface area contributed by atoms with Gasteiger partial charge in [-0.3, -0.25) is 4.79 Å². The average molecular weight is 210 g/mol. The van der Waals surface area contributed by atoms with Gasteiger partial charge in [0.1, 0.15) is 5.94 Å². The Morgan fingerprint density at radius 3 is 2.67 bits per heavy atom. The first-order valence-electron chi connectivity index (χ1n) is 5.22. The fraction of sp³-hybridized carbons (Fsp3) is 0.583. The summed E-state index contributed by atoms with van der Waals surface area (Å²) in [5, 5.41) is 0. The molecule has 0 radical (unpaired) electrons. The SMILES string of the molecule is CCCCCC=CC(=C=O)CC(=O)OC. The van der Waals surface area contributed by atoms with Gasteiger partial charge in [-0.05, 0) is 12.8 Å². The standard InChI is InChI=1S/C12H18O3/c1-3-4-5-6-7-8-11(10-13)9-12(14)15-2/h7-8H,3-6,9H2,1-2H3. The van der Waals surface area contributed by atoms with Crippen LogP contribution in [0.5, 0.6) is 0 Å². The van der Waals surface area contributed by atoms with Crippen LogP contribution in [-0.4, -0.2) is 19.0 Å². The van der Waals surface area contributed by atoms with Gasteiger partial charge in [0, 0.05) is 5.57 Å². The van der Waals surface area contributed by atoms with E-state index in [4.69, 9.17) is 0 Å². The van der Waals surface area contributed by atoms with Crippen LogP contribution in [0.15, 0.2) is 17.7 Å². The van der Waals surface area contributed by atoms with Crippen molar-refractivity contribution in [2.45, 2.75) is 39.0 Å². The van der Waals surface area contributed by atoms with E-state index < -0.39 is 5.97 Å². The second kappa shape index (κ2) is 9.22. The highest BCUT2D eigenvalue weighted by Gasteiger charge is 2.03. The van der Waals surface area contributed by atoms with Crippen molar-refractivity contribution < 1.29 is 14.3 Å². The number of ether oxygens (including phenoxy) is 1. The topological polar surface area (TPSA) is 43.4 Å². The number of unbranched alkanes of at least 4 members (excludes halogenated alkanes) is 3. The minimum atomic E-state index is -0.411. The van der Waals surface area contributed by atoms with Crippen molar-refractivity contribution in [1.29, 1.82) is 0 Å². The van der Waals surface area contributed by atoms with E-state index in [0.717, 1.165) is 12.8 Å². The van der Waals surface area contributed by atoms with Gasteiger partial charge in [-0.15, -0.1) is 0 Å². The van der Waals surface area contributed by atoms with E-state index in [2.05, 4.69) is 11.7 Å². The van der Waals surface area contributed by atoms with Crippen LogP contribution in [0.25, 0.3) is 0 Å². The van der Waals surface area contributed by atoms with Crippen LogP contribution in [0.1, 0.15) is 39.0 Å². The van der Waals surface area contributed by atoms with Gasteiger partial charge in [-0.25, -0.2) is 4.79 Å². The molecule has 3 nitrogen and oxygen atoms in total. The van der Waals surface area contributed by atoms with Gasteiger partial charge >= 0.3 is 5.97 Å². The van der Waals surface area contributed by atoms with Crippen molar-refractivity contribution >= 4 is 11.9 Å². The molecule has 0 saturated heterocycles. The monoisotopic (exact) mass is 210 g/mol. The van der Waals surface area contributed by atoms with Gasteiger partial charge in [0.2, 0.25) is 0 Å². The van der Waals surface area contributed by atoms with Crippen molar-refractivity contribution in [2.75, 3.05) is 7.11 Å². The molecule has 0 amide bonds. The molecule has 0 N–H and O–H groups in total. The highest BCUT2D eigenvalue weighted by molar-refractivity contribution is 5.77. The minimum absolute atomic E-state index is 0.00424. The van der Waals surface area contributed by atoms with Crippen LogP contribution >= 0.6 is 0 Å². The zero-order chi connectivity index (χ0) is 11.5. The van der Waals surface area contributed by atoms with E-state index in [9.17, 15) is 9.59 Å². The maximum Gasteiger partial charge on any atom is 0.310 e. The summed E-state index contributed by atoms with van der Waals surface area (Å²) >= 11 is 0. The lowest BCUT2D eigenvalue weighted by atomic mass is 10.1. The molecular weight excluding hydrogens is 192 g/mol. The lowest BCUT2D eigenvalue weighted by Gasteiger charge is -1.96. The molecule has 0 saturated carbocycles. The molecule has 0 fully saturated rings. The van der Waals surface area contributed by atoms with Crippen LogP contribution in [-0.2, 0) is 14.3 Å². The van der Waals surface area contributed by atoms with Crippen molar-refractivity contribution in [3.05, 3.63) is 17.7 Å². The molecule has 0 spiro atoms. The molecule has 0 atom stereocenters. The summed E-state index contributed by atoms with van der Waals surface area (Å²) in [5.74, 6) is 1.33. The molecule has 0 heterocycles. The molecular formula is C12H18O3. The van der Waals surface area contributed by atoms with E-state index in [1.165, 1.54) is 20.0 Å². The Balaban J connectivity index is 3.90. The van der Waals surface area contributed by atoms with Gasteiger partial charge in [-0.1, -0.05) is 31.9 Å². The van der Waals surface area contributed by atoms with E-state index >= 15 is 0 Å². The zero-order valence-corrected chi connectivity index (χ0v) is 9.41. The molecule has 84 valence electrons. The second-order valence-electron chi connectivity index (χ2n) is 3.28. The van der Waals surface area contributed by atoms with Crippen LogP contribution < -0.4 is 0 Å². The third-order valence-corrected chi connectivity index (χ3v) is 1.99. The number of methoxy groups -OCH3 is 1. The predicted octanol–water partition coefficient (Wildman–Crippen LogP) is 2.44. The number of hydrogen-bond acceptors (Lipinski definition) is 3. The van der Waals surface area contributed by atoms with Crippen molar-refractivity contribution in [3.63, 3.8) is 0 Å². The highest BCUT2D eigenvalue weighted by atomic mass is 16.5. The molecule has 0 bridgehead atoms. The number of rotatable bonds is 7. The Labute approximate surface area is 90.8 Å². The lowest BCUT2D eigenvalue weighted by molar-refractivity contribution is -0.139. The second-order valence-corrected chi connectivity index (χ2v) is 3.28. The summed E-state index contributed by atoms with van der Waals surface area (Å²) in [5.41, 5.74) is 0.346. The summed E-state index contributed by atoms with van der Waals surface area (Å²) < 4.78 is 4.45. The lowest BCUT2D eigenvalue weighted by Crippen LogP contribution is -2.00. The normalized spacial score (nSPS) is 10.0. The number of allylic oxidation sites excluding steroid dienone is 2. The predicted molar refractivity (Wildman–Crippen MR) is 59.1 cm³/mol. The fourth-order valence-corrected chi connectivity index (χ4v) is 1.09. The van der Waals surface area contributed by atoms with Gasteiger partial charge in [0.15, 0.2) is 0 Å². The van der Waals surface area contributed by atoms with Gasteiger partial charge in [0.05, 0.1) is 13.5 Å². The first-order valence-corrected chi connectivity index (χ1v) is 5.22. The molecule has 0 aliphatic carbocycles. The summed E-state index contributed by atoms with van der Waals surface area (Å²) in [6.07, 6.45) is 7.95. The maximum atomic E-state index is 10.9. The van der Waals surface area contributed by atoms with Crippen LogP contribution in [0.2, 0.25) is 0 Å². The largest absolute Gasteiger partial charge is 0.469 e. The zero-order valence-electron chi connectivity index (χ0n) is 9.41. The maximum absolute atomic E-state index is 10.9. The quantitative estimate of drug-likeness (QED) is 0.280. The number of carbonyl (C=O) groups excluding carboxylic acids is 2. The van der Waals surface area contributed by atoms with Crippen LogP contribution in [0.3, 0.4) is 0 Å². The van der Waals surface area contributed by atoms with Crippen molar-refractivity contribution in [1.82, 2.24) is 0 Å².